The molecule has 8 nitrogen and oxygen atoms in total. The molecule has 0 aliphatic carbocycles. The minimum absolute atomic E-state index is 0.0457. The zero-order chi connectivity index (χ0) is 19.7. The average Bonchev–Trinajstić information content (AvgIpc) is 3.12. The highest BCUT2D eigenvalue weighted by atomic mass is 16.5. The summed E-state index contributed by atoms with van der Waals surface area (Å²) in [6.45, 7) is 5.21. The summed E-state index contributed by atoms with van der Waals surface area (Å²) in [5.74, 6) is -0.127. The van der Waals surface area contributed by atoms with Gasteiger partial charge in [0.2, 0.25) is 0 Å². The number of aryl methyl sites for hydroxylation is 3. The van der Waals surface area contributed by atoms with E-state index in [0.29, 0.717) is 36.2 Å². The van der Waals surface area contributed by atoms with Crippen LogP contribution in [-0.2, 0) is 25.4 Å². The first kappa shape index (κ1) is 18.9. The van der Waals surface area contributed by atoms with E-state index in [9.17, 15) is 9.90 Å². The molecule has 1 amide bonds. The third kappa shape index (κ3) is 3.52. The maximum atomic E-state index is 13.2. The number of aromatic hydroxyl groups is 1. The van der Waals surface area contributed by atoms with Crippen molar-refractivity contribution in [3.05, 3.63) is 40.8 Å². The zero-order valence-corrected chi connectivity index (χ0v) is 16.4. The van der Waals surface area contributed by atoms with E-state index in [-0.39, 0.29) is 11.7 Å². The molecule has 1 aromatic carbocycles. The summed E-state index contributed by atoms with van der Waals surface area (Å²) in [6, 6.07) is 3.25. The molecule has 27 heavy (non-hydrogen) atoms. The number of aromatic nitrogens is 4. The van der Waals surface area contributed by atoms with Gasteiger partial charge >= 0.3 is 0 Å². The standard InChI is InChI=1S/C19H25N5O3/c1-12-16(13(2)22(3)21-12)11-24(6-7-27-5)19(26)14-8-17-15(18(25)9-14)10-20-23(17)4/h8-10,25H,6-7,11H2,1-5H3. The molecule has 0 spiro atoms. The van der Waals surface area contributed by atoms with Gasteiger partial charge in [0.1, 0.15) is 5.75 Å². The van der Waals surface area contributed by atoms with Gasteiger partial charge in [-0.2, -0.15) is 10.2 Å². The second-order valence-corrected chi connectivity index (χ2v) is 6.69. The van der Waals surface area contributed by atoms with Crippen molar-refractivity contribution >= 4 is 16.8 Å². The third-order valence-electron chi connectivity index (χ3n) is 4.95. The van der Waals surface area contributed by atoms with Crippen LogP contribution >= 0.6 is 0 Å². The molecule has 0 saturated carbocycles. The smallest absolute Gasteiger partial charge is 0.254 e. The highest BCUT2D eigenvalue weighted by Gasteiger charge is 2.21. The highest BCUT2D eigenvalue weighted by Crippen LogP contribution is 2.27. The molecule has 1 N–H and O–H groups in total. The summed E-state index contributed by atoms with van der Waals surface area (Å²) in [5, 5.41) is 19.5. The number of carbonyl (C=O) groups excluding carboxylic acids is 1. The molecule has 0 saturated heterocycles. The van der Waals surface area contributed by atoms with Gasteiger partial charge in [-0.1, -0.05) is 0 Å². The fourth-order valence-electron chi connectivity index (χ4n) is 3.23. The maximum absolute atomic E-state index is 13.2. The lowest BCUT2D eigenvalue weighted by atomic mass is 10.1. The number of nitrogens with zero attached hydrogens (tertiary/aromatic N) is 5. The first-order valence-corrected chi connectivity index (χ1v) is 8.75. The second-order valence-electron chi connectivity index (χ2n) is 6.69. The highest BCUT2D eigenvalue weighted by molar-refractivity contribution is 5.99. The number of amides is 1. The number of rotatable bonds is 6. The molecule has 2 aromatic heterocycles. The Bertz CT molecular complexity index is 989. The molecule has 0 fully saturated rings. The van der Waals surface area contributed by atoms with Crippen LogP contribution in [0.5, 0.6) is 5.75 Å². The number of hydrogen-bond acceptors (Lipinski definition) is 5. The molecule has 0 atom stereocenters. The van der Waals surface area contributed by atoms with E-state index < -0.39 is 0 Å². The van der Waals surface area contributed by atoms with E-state index in [1.807, 2.05) is 25.6 Å². The van der Waals surface area contributed by atoms with Crippen molar-refractivity contribution in [1.29, 1.82) is 0 Å². The van der Waals surface area contributed by atoms with Crippen LogP contribution in [0.4, 0.5) is 0 Å². The molecule has 8 heteroatoms. The quantitative estimate of drug-likeness (QED) is 0.715. The van der Waals surface area contributed by atoms with Crippen LogP contribution in [0.25, 0.3) is 10.9 Å². The molecule has 0 unspecified atom stereocenters. The zero-order valence-electron chi connectivity index (χ0n) is 16.4. The van der Waals surface area contributed by atoms with Crippen LogP contribution in [0.3, 0.4) is 0 Å². The Morgan fingerprint density at radius 1 is 1.26 bits per heavy atom. The minimum atomic E-state index is -0.173. The summed E-state index contributed by atoms with van der Waals surface area (Å²) in [4.78, 5) is 14.9. The Morgan fingerprint density at radius 3 is 2.63 bits per heavy atom. The van der Waals surface area contributed by atoms with Crippen molar-refractivity contribution in [2.24, 2.45) is 14.1 Å². The Balaban J connectivity index is 1.97. The first-order valence-electron chi connectivity index (χ1n) is 8.75. The number of ether oxygens (including phenoxy) is 1. The fourth-order valence-corrected chi connectivity index (χ4v) is 3.23. The Hall–Kier alpha value is -2.87. The van der Waals surface area contributed by atoms with Crippen LogP contribution in [-0.4, -0.2) is 55.7 Å². The van der Waals surface area contributed by atoms with Gasteiger partial charge in [-0.05, 0) is 26.0 Å². The van der Waals surface area contributed by atoms with E-state index in [1.165, 1.54) is 6.07 Å². The lowest BCUT2D eigenvalue weighted by molar-refractivity contribution is 0.0679. The molecule has 0 radical (unpaired) electrons. The Labute approximate surface area is 157 Å². The summed E-state index contributed by atoms with van der Waals surface area (Å²) in [5.41, 5.74) is 4.06. The van der Waals surface area contributed by atoms with Crippen LogP contribution in [0.15, 0.2) is 18.3 Å². The average molecular weight is 371 g/mol. The predicted octanol–water partition coefficient (Wildman–Crippen LogP) is 1.92. The molecule has 2 heterocycles. The van der Waals surface area contributed by atoms with Crippen LogP contribution < -0.4 is 0 Å². The summed E-state index contributed by atoms with van der Waals surface area (Å²) < 4.78 is 8.64. The summed E-state index contributed by atoms with van der Waals surface area (Å²) >= 11 is 0. The van der Waals surface area contributed by atoms with Gasteiger partial charge in [-0.15, -0.1) is 0 Å². The predicted molar refractivity (Wildman–Crippen MR) is 102 cm³/mol. The van der Waals surface area contributed by atoms with Gasteiger partial charge in [0, 0.05) is 51.1 Å². The molecule has 0 bridgehead atoms. The van der Waals surface area contributed by atoms with E-state index >= 15 is 0 Å². The topological polar surface area (TPSA) is 85.4 Å². The number of hydrogen-bond donors (Lipinski definition) is 1. The van der Waals surface area contributed by atoms with Gasteiger partial charge in [0.05, 0.1) is 29.4 Å². The molecule has 144 valence electrons. The van der Waals surface area contributed by atoms with Crippen molar-refractivity contribution in [2.75, 3.05) is 20.3 Å². The van der Waals surface area contributed by atoms with Crippen LogP contribution in [0.1, 0.15) is 27.3 Å². The SMILES string of the molecule is COCCN(Cc1c(C)nn(C)c1C)C(=O)c1cc(O)c2cnn(C)c2c1. The van der Waals surface area contributed by atoms with E-state index in [0.717, 1.165) is 17.0 Å². The van der Waals surface area contributed by atoms with E-state index in [4.69, 9.17) is 4.74 Å². The Morgan fingerprint density at radius 2 is 2.00 bits per heavy atom. The first-order chi connectivity index (χ1) is 12.8. The second kappa shape index (κ2) is 7.40. The fraction of sp³-hybridized carbons (Fsp3) is 0.421. The molecule has 0 aliphatic rings. The Kier molecular flexibility index (Phi) is 5.18. The lowest BCUT2D eigenvalue weighted by Gasteiger charge is -2.23. The van der Waals surface area contributed by atoms with Gasteiger partial charge in [0.15, 0.2) is 0 Å². The monoisotopic (exact) mass is 371 g/mol. The maximum Gasteiger partial charge on any atom is 0.254 e. The van der Waals surface area contributed by atoms with Crippen LogP contribution in [0.2, 0.25) is 0 Å². The summed E-state index contributed by atoms with van der Waals surface area (Å²) in [6.07, 6.45) is 1.59. The van der Waals surface area contributed by atoms with Crippen LogP contribution in [0, 0.1) is 13.8 Å². The van der Waals surface area contributed by atoms with E-state index in [1.54, 1.807) is 36.0 Å². The van der Waals surface area contributed by atoms with E-state index in [2.05, 4.69) is 10.2 Å². The molecule has 3 aromatic rings. The molecule has 3 rings (SSSR count). The number of fused-ring (bicyclic) bond motifs is 1. The van der Waals surface area contributed by atoms with Crippen molar-refractivity contribution < 1.29 is 14.6 Å². The van der Waals surface area contributed by atoms with Crippen molar-refractivity contribution in [2.45, 2.75) is 20.4 Å². The lowest BCUT2D eigenvalue weighted by Crippen LogP contribution is -2.33. The third-order valence-corrected chi connectivity index (χ3v) is 4.95. The van der Waals surface area contributed by atoms with Crippen molar-refractivity contribution in [1.82, 2.24) is 24.5 Å². The minimum Gasteiger partial charge on any atom is -0.507 e. The molecular weight excluding hydrogens is 346 g/mol. The molecular formula is C19H25N5O3. The number of phenolic OH excluding ortho intramolecular Hbond substituents is 1. The number of methoxy groups -OCH3 is 1. The van der Waals surface area contributed by atoms with Crippen molar-refractivity contribution in [3.63, 3.8) is 0 Å². The number of benzene rings is 1. The van der Waals surface area contributed by atoms with Gasteiger partial charge < -0.3 is 14.7 Å². The van der Waals surface area contributed by atoms with Crippen molar-refractivity contribution in [3.8, 4) is 5.75 Å². The normalized spacial score (nSPS) is 11.3. The number of phenols is 1. The molecule has 0 aliphatic heterocycles. The van der Waals surface area contributed by atoms with Gasteiger partial charge in [-0.25, -0.2) is 0 Å². The summed E-state index contributed by atoms with van der Waals surface area (Å²) in [7, 11) is 5.28. The van der Waals surface area contributed by atoms with Gasteiger partial charge in [0.25, 0.3) is 5.91 Å². The van der Waals surface area contributed by atoms with Gasteiger partial charge in [-0.3, -0.25) is 14.2 Å². The largest absolute Gasteiger partial charge is 0.507 e. The number of carbonyl (C=O) groups is 1.